The lowest BCUT2D eigenvalue weighted by Crippen LogP contribution is -2.50. The van der Waals surface area contributed by atoms with E-state index in [1.807, 2.05) is 6.07 Å². The summed E-state index contributed by atoms with van der Waals surface area (Å²) in [5, 5.41) is 9.01. The maximum Gasteiger partial charge on any atom is 0.156 e. The fraction of sp³-hybridized carbons (Fsp3) is 0.500. The van der Waals surface area contributed by atoms with Crippen LogP contribution in [0.3, 0.4) is 0 Å². The molecule has 0 amide bonds. The van der Waals surface area contributed by atoms with Crippen LogP contribution in [0.4, 0.5) is 0 Å². The highest BCUT2D eigenvalue weighted by Crippen LogP contribution is 2.27. The molecule has 1 fully saturated rings. The molecule has 0 saturated carbocycles. The monoisotopic (exact) mass is 191 g/mol. The van der Waals surface area contributed by atoms with Crippen LogP contribution >= 0.6 is 0 Å². The average Bonchev–Trinajstić information content (AvgIpc) is 2.62. The number of rotatable bonds is 3. The molecule has 74 valence electrons. The molecule has 14 heavy (non-hydrogen) atoms. The Bertz CT molecular complexity index is 322. The average molecular weight is 191 g/mol. The van der Waals surface area contributed by atoms with Gasteiger partial charge in [0, 0.05) is 13.1 Å². The van der Waals surface area contributed by atoms with Gasteiger partial charge in [-0.2, -0.15) is 5.26 Å². The largest absolute Gasteiger partial charge is 0.467 e. The van der Waals surface area contributed by atoms with E-state index in [-0.39, 0.29) is 6.04 Å². The van der Waals surface area contributed by atoms with Crippen LogP contribution in [0.25, 0.3) is 0 Å². The van der Waals surface area contributed by atoms with Gasteiger partial charge in [-0.15, -0.1) is 0 Å². The molecule has 1 aromatic heterocycles. The van der Waals surface area contributed by atoms with E-state index in [0.717, 1.165) is 18.8 Å². The molecule has 0 aliphatic carbocycles. The van der Waals surface area contributed by atoms with E-state index in [1.54, 1.807) is 12.3 Å². The maximum absolute atomic E-state index is 9.01. The predicted molar refractivity (Wildman–Crippen MR) is 51.2 cm³/mol. The highest BCUT2D eigenvalue weighted by atomic mass is 16.3. The number of nitrogens with two attached hydrogens (primary N) is 1. The van der Waals surface area contributed by atoms with Crippen LogP contribution in [0.1, 0.15) is 11.8 Å². The van der Waals surface area contributed by atoms with Crippen molar-refractivity contribution in [2.45, 2.75) is 6.04 Å². The summed E-state index contributed by atoms with van der Waals surface area (Å²) in [5.41, 5.74) is 5.52. The van der Waals surface area contributed by atoms with E-state index in [9.17, 15) is 0 Å². The summed E-state index contributed by atoms with van der Waals surface area (Å²) in [6.45, 7) is 2.50. The molecule has 1 aromatic rings. The Balaban J connectivity index is 2.00. The van der Waals surface area contributed by atoms with Gasteiger partial charge in [0.05, 0.1) is 12.3 Å². The smallest absolute Gasteiger partial charge is 0.156 e. The first-order chi connectivity index (χ1) is 6.85. The Morgan fingerprint density at radius 2 is 2.50 bits per heavy atom. The summed E-state index contributed by atoms with van der Waals surface area (Å²) in [7, 11) is 0. The molecule has 4 nitrogen and oxygen atoms in total. The molecule has 0 aromatic carbocycles. The van der Waals surface area contributed by atoms with Crippen molar-refractivity contribution in [2.24, 2.45) is 11.7 Å². The van der Waals surface area contributed by atoms with Gasteiger partial charge in [0.25, 0.3) is 0 Å². The molecular formula is C10H13N3O. The second-order valence-electron chi connectivity index (χ2n) is 3.60. The van der Waals surface area contributed by atoms with Gasteiger partial charge >= 0.3 is 0 Å². The molecule has 2 heterocycles. The number of hydrogen-bond acceptors (Lipinski definition) is 4. The summed E-state index contributed by atoms with van der Waals surface area (Å²) in [5.74, 6) is 1.27. The molecule has 1 aliphatic heterocycles. The van der Waals surface area contributed by atoms with Gasteiger partial charge in [-0.25, -0.2) is 0 Å². The summed E-state index contributed by atoms with van der Waals surface area (Å²) < 4.78 is 5.22. The number of likely N-dealkylation sites (tertiary alicyclic amines) is 1. The van der Waals surface area contributed by atoms with Gasteiger partial charge in [-0.05, 0) is 24.6 Å². The minimum absolute atomic E-state index is 0.243. The summed E-state index contributed by atoms with van der Waals surface area (Å²) in [6, 6.07) is 5.64. The Kier molecular flexibility index (Phi) is 2.53. The molecule has 0 spiro atoms. The van der Waals surface area contributed by atoms with E-state index in [1.165, 1.54) is 0 Å². The fourth-order valence-corrected chi connectivity index (χ4v) is 1.74. The zero-order valence-electron chi connectivity index (χ0n) is 7.89. The van der Waals surface area contributed by atoms with E-state index in [0.29, 0.717) is 12.5 Å². The zero-order valence-corrected chi connectivity index (χ0v) is 7.89. The molecule has 1 saturated heterocycles. The third-order valence-corrected chi connectivity index (χ3v) is 2.62. The Morgan fingerprint density at radius 1 is 1.71 bits per heavy atom. The lowest BCUT2D eigenvalue weighted by Gasteiger charge is -2.40. The van der Waals surface area contributed by atoms with Gasteiger partial charge in [0.15, 0.2) is 6.04 Å². The Morgan fingerprint density at radius 3 is 3.00 bits per heavy atom. The van der Waals surface area contributed by atoms with Crippen molar-refractivity contribution < 1.29 is 4.42 Å². The standard InChI is InChI=1S/C10H13N3O/c11-4-8-6-13(7-8)9(5-12)10-2-1-3-14-10/h1-3,8-9H,4,6-7,11H2/t9-/m0/s1. The lowest BCUT2D eigenvalue weighted by atomic mass is 9.97. The molecule has 4 heteroatoms. The quantitative estimate of drug-likeness (QED) is 0.765. The van der Waals surface area contributed by atoms with Crippen LogP contribution in [0.15, 0.2) is 22.8 Å². The maximum atomic E-state index is 9.01. The molecule has 0 unspecified atom stereocenters. The normalized spacial score (nSPS) is 20.0. The van der Waals surface area contributed by atoms with Gasteiger partial charge in [-0.3, -0.25) is 4.90 Å². The number of nitriles is 1. The van der Waals surface area contributed by atoms with Crippen molar-refractivity contribution in [3.8, 4) is 6.07 Å². The molecule has 2 N–H and O–H groups in total. The van der Waals surface area contributed by atoms with E-state index < -0.39 is 0 Å². The highest BCUT2D eigenvalue weighted by molar-refractivity contribution is 5.14. The predicted octanol–water partition coefficient (Wildman–Crippen LogP) is 0.735. The highest BCUT2D eigenvalue weighted by Gasteiger charge is 2.33. The van der Waals surface area contributed by atoms with Crippen LogP contribution in [0, 0.1) is 17.2 Å². The molecule has 2 rings (SSSR count). The molecular weight excluding hydrogens is 178 g/mol. The molecule has 0 radical (unpaired) electrons. The van der Waals surface area contributed by atoms with Gasteiger partial charge in [0.2, 0.25) is 0 Å². The topological polar surface area (TPSA) is 66.2 Å². The van der Waals surface area contributed by atoms with Crippen molar-refractivity contribution in [2.75, 3.05) is 19.6 Å². The van der Waals surface area contributed by atoms with Crippen LogP contribution in [0.2, 0.25) is 0 Å². The van der Waals surface area contributed by atoms with Gasteiger partial charge in [-0.1, -0.05) is 0 Å². The van der Waals surface area contributed by atoms with Crippen LogP contribution in [-0.2, 0) is 0 Å². The Hall–Kier alpha value is -1.31. The van der Waals surface area contributed by atoms with Gasteiger partial charge in [0.1, 0.15) is 5.76 Å². The van der Waals surface area contributed by atoms with E-state index >= 15 is 0 Å². The van der Waals surface area contributed by atoms with Crippen molar-refractivity contribution >= 4 is 0 Å². The summed E-state index contributed by atoms with van der Waals surface area (Å²) in [4.78, 5) is 2.08. The third kappa shape index (κ3) is 1.52. The first-order valence-corrected chi connectivity index (χ1v) is 4.72. The summed E-state index contributed by atoms with van der Waals surface area (Å²) in [6.07, 6.45) is 1.60. The first-order valence-electron chi connectivity index (χ1n) is 4.72. The van der Waals surface area contributed by atoms with Crippen molar-refractivity contribution in [1.29, 1.82) is 5.26 Å². The first kappa shape index (κ1) is 9.25. The minimum Gasteiger partial charge on any atom is -0.467 e. The van der Waals surface area contributed by atoms with Crippen LogP contribution < -0.4 is 5.73 Å². The van der Waals surface area contributed by atoms with Gasteiger partial charge < -0.3 is 10.2 Å². The zero-order chi connectivity index (χ0) is 9.97. The lowest BCUT2D eigenvalue weighted by molar-refractivity contribution is 0.0708. The second kappa shape index (κ2) is 3.82. The van der Waals surface area contributed by atoms with Crippen molar-refractivity contribution in [3.63, 3.8) is 0 Å². The second-order valence-corrected chi connectivity index (χ2v) is 3.60. The number of nitrogens with zero attached hydrogens (tertiary/aromatic N) is 2. The molecule has 1 atom stereocenters. The number of furan rings is 1. The SMILES string of the molecule is N#C[C@@H](c1ccco1)N1CC(CN)C1. The molecule has 1 aliphatic rings. The van der Waals surface area contributed by atoms with E-state index in [2.05, 4.69) is 11.0 Å². The number of hydrogen-bond donors (Lipinski definition) is 1. The van der Waals surface area contributed by atoms with E-state index in [4.69, 9.17) is 15.4 Å². The van der Waals surface area contributed by atoms with Crippen LogP contribution in [-0.4, -0.2) is 24.5 Å². The van der Waals surface area contributed by atoms with Crippen LogP contribution in [0.5, 0.6) is 0 Å². The fourth-order valence-electron chi connectivity index (χ4n) is 1.74. The Labute approximate surface area is 82.9 Å². The minimum atomic E-state index is -0.243. The van der Waals surface area contributed by atoms with Crippen molar-refractivity contribution in [1.82, 2.24) is 4.90 Å². The molecule has 0 bridgehead atoms. The van der Waals surface area contributed by atoms with Crippen molar-refractivity contribution in [3.05, 3.63) is 24.2 Å². The summed E-state index contributed by atoms with van der Waals surface area (Å²) >= 11 is 0. The third-order valence-electron chi connectivity index (χ3n) is 2.62.